The van der Waals surface area contributed by atoms with E-state index in [1.807, 2.05) is 6.92 Å². The van der Waals surface area contributed by atoms with E-state index in [0.29, 0.717) is 20.6 Å². The van der Waals surface area contributed by atoms with Gasteiger partial charge >= 0.3 is 5.97 Å². The standard InChI is InChI=1S/C12H9N3O2S2/c1-6-3-4-8(5-13)10(14-6)19-12-15-7(2)9(18-12)11(16)17/h3-4H,1-2H3,(H,16,17). The first-order valence-electron chi connectivity index (χ1n) is 5.27. The summed E-state index contributed by atoms with van der Waals surface area (Å²) in [4.78, 5) is 19.6. The fraction of sp³-hybridized carbons (Fsp3) is 0.167. The van der Waals surface area contributed by atoms with Crippen molar-refractivity contribution < 1.29 is 9.90 Å². The lowest BCUT2D eigenvalue weighted by Crippen LogP contribution is -1.94. The SMILES string of the molecule is Cc1ccc(C#N)c(Sc2nc(C)c(C(=O)O)s2)n1. The molecule has 2 aromatic heterocycles. The second kappa shape index (κ2) is 5.38. The summed E-state index contributed by atoms with van der Waals surface area (Å²) in [5.41, 5.74) is 1.74. The van der Waals surface area contributed by atoms with E-state index in [0.717, 1.165) is 17.0 Å². The number of carbonyl (C=O) groups is 1. The van der Waals surface area contributed by atoms with Crippen molar-refractivity contribution in [1.29, 1.82) is 5.26 Å². The molecule has 0 saturated carbocycles. The first-order valence-corrected chi connectivity index (χ1v) is 6.91. The molecule has 0 saturated heterocycles. The van der Waals surface area contributed by atoms with Crippen molar-refractivity contribution in [3.8, 4) is 6.07 Å². The van der Waals surface area contributed by atoms with Crippen LogP contribution in [0.1, 0.15) is 26.6 Å². The van der Waals surface area contributed by atoms with E-state index in [9.17, 15) is 4.79 Å². The molecule has 0 amide bonds. The van der Waals surface area contributed by atoms with Crippen LogP contribution in [0.2, 0.25) is 0 Å². The minimum Gasteiger partial charge on any atom is -0.477 e. The van der Waals surface area contributed by atoms with Gasteiger partial charge in [-0.1, -0.05) is 11.3 Å². The maximum absolute atomic E-state index is 11.0. The highest BCUT2D eigenvalue weighted by molar-refractivity contribution is 8.01. The number of rotatable bonds is 3. The maximum atomic E-state index is 11.0. The Labute approximate surface area is 117 Å². The molecule has 1 N–H and O–H groups in total. The van der Waals surface area contributed by atoms with E-state index >= 15 is 0 Å². The molecule has 0 aliphatic carbocycles. The highest BCUT2D eigenvalue weighted by atomic mass is 32.2. The van der Waals surface area contributed by atoms with Crippen LogP contribution in [0, 0.1) is 25.2 Å². The molecule has 0 bridgehead atoms. The van der Waals surface area contributed by atoms with E-state index in [2.05, 4.69) is 16.0 Å². The lowest BCUT2D eigenvalue weighted by Gasteiger charge is -2.00. The van der Waals surface area contributed by atoms with Crippen LogP contribution in [0.3, 0.4) is 0 Å². The maximum Gasteiger partial charge on any atom is 0.347 e. The normalized spacial score (nSPS) is 10.2. The first kappa shape index (κ1) is 13.5. The number of hydrogen-bond donors (Lipinski definition) is 1. The van der Waals surface area contributed by atoms with Crippen molar-refractivity contribution in [2.24, 2.45) is 0 Å². The highest BCUT2D eigenvalue weighted by Gasteiger charge is 2.16. The van der Waals surface area contributed by atoms with Crippen molar-refractivity contribution in [3.63, 3.8) is 0 Å². The molecule has 0 radical (unpaired) electrons. The molecule has 96 valence electrons. The molecule has 2 aromatic rings. The number of pyridine rings is 1. The summed E-state index contributed by atoms with van der Waals surface area (Å²) in [6.07, 6.45) is 0. The van der Waals surface area contributed by atoms with E-state index in [1.54, 1.807) is 19.1 Å². The molecule has 0 atom stereocenters. The number of aromatic carboxylic acids is 1. The van der Waals surface area contributed by atoms with Crippen LogP contribution in [0.4, 0.5) is 0 Å². The molecule has 7 heteroatoms. The summed E-state index contributed by atoms with van der Waals surface area (Å²) < 4.78 is 0.574. The van der Waals surface area contributed by atoms with Gasteiger partial charge in [-0.25, -0.2) is 14.8 Å². The monoisotopic (exact) mass is 291 g/mol. The number of nitrogens with zero attached hydrogens (tertiary/aromatic N) is 3. The van der Waals surface area contributed by atoms with Gasteiger partial charge in [-0.3, -0.25) is 0 Å². The Balaban J connectivity index is 2.36. The summed E-state index contributed by atoms with van der Waals surface area (Å²) >= 11 is 2.31. The molecule has 0 aromatic carbocycles. The first-order chi connectivity index (χ1) is 9.01. The van der Waals surface area contributed by atoms with E-state index in [4.69, 9.17) is 10.4 Å². The predicted octanol–water partition coefficient (Wildman–Crippen LogP) is 2.88. The van der Waals surface area contributed by atoms with Gasteiger partial charge in [0.25, 0.3) is 0 Å². The Morgan fingerprint density at radius 2 is 2.16 bits per heavy atom. The fourth-order valence-corrected chi connectivity index (χ4v) is 3.44. The number of carboxylic acid groups (broad SMARTS) is 1. The van der Waals surface area contributed by atoms with Crippen LogP contribution in [0.5, 0.6) is 0 Å². The van der Waals surface area contributed by atoms with Gasteiger partial charge in [-0.05, 0) is 37.7 Å². The number of aromatic nitrogens is 2. The zero-order chi connectivity index (χ0) is 14.0. The van der Waals surface area contributed by atoms with Crippen LogP contribution < -0.4 is 0 Å². The number of aryl methyl sites for hydroxylation is 2. The molecule has 0 aliphatic heterocycles. The second-order valence-corrected chi connectivity index (χ2v) is 5.95. The highest BCUT2D eigenvalue weighted by Crippen LogP contribution is 2.33. The number of nitriles is 1. The lowest BCUT2D eigenvalue weighted by atomic mass is 10.3. The van der Waals surface area contributed by atoms with Gasteiger partial charge < -0.3 is 5.11 Å². The smallest absolute Gasteiger partial charge is 0.347 e. The fourth-order valence-electron chi connectivity index (χ4n) is 1.39. The van der Waals surface area contributed by atoms with Crippen LogP contribution in [0.15, 0.2) is 21.5 Å². The number of hydrogen-bond acceptors (Lipinski definition) is 6. The molecule has 2 heterocycles. The molecule has 2 rings (SSSR count). The molecule has 5 nitrogen and oxygen atoms in total. The average Bonchev–Trinajstić information content (AvgIpc) is 2.71. The molecule has 0 fully saturated rings. The summed E-state index contributed by atoms with van der Waals surface area (Å²) in [7, 11) is 0. The predicted molar refractivity (Wildman–Crippen MR) is 71.6 cm³/mol. The third-order valence-corrected chi connectivity index (χ3v) is 4.49. The molecular formula is C12H9N3O2S2. The number of carboxylic acids is 1. The Bertz CT molecular complexity index is 689. The second-order valence-electron chi connectivity index (χ2n) is 3.72. The Morgan fingerprint density at radius 1 is 1.42 bits per heavy atom. The molecule has 19 heavy (non-hydrogen) atoms. The van der Waals surface area contributed by atoms with Crippen LogP contribution in [-0.2, 0) is 0 Å². The number of thiazole rings is 1. The molecule has 0 spiro atoms. The van der Waals surface area contributed by atoms with Crippen molar-refractivity contribution in [3.05, 3.63) is 34.0 Å². The van der Waals surface area contributed by atoms with Gasteiger partial charge in [-0.2, -0.15) is 5.26 Å². The van der Waals surface area contributed by atoms with Gasteiger partial charge in [0.1, 0.15) is 16.0 Å². The third kappa shape index (κ3) is 2.92. The van der Waals surface area contributed by atoms with Crippen LogP contribution >= 0.6 is 23.1 Å². The average molecular weight is 291 g/mol. The van der Waals surface area contributed by atoms with Crippen molar-refractivity contribution in [2.75, 3.05) is 0 Å². The quantitative estimate of drug-likeness (QED) is 0.935. The van der Waals surface area contributed by atoms with Crippen LogP contribution in [0.25, 0.3) is 0 Å². The Hall–Kier alpha value is -1.91. The third-order valence-electron chi connectivity index (χ3n) is 2.28. The van der Waals surface area contributed by atoms with E-state index < -0.39 is 5.97 Å². The van der Waals surface area contributed by atoms with Crippen LogP contribution in [-0.4, -0.2) is 21.0 Å². The van der Waals surface area contributed by atoms with Crippen molar-refractivity contribution in [2.45, 2.75) is 23.2 Å². The minimum absolute atomic E-state index is 0.216. The summed E-state index contributed by atoms with van der Waals surface area (Å²) in [5.74, 6) is -0.987. The Kier molecular flexibility index (Phi) is 3.83. The molecule has 0 unspecified atom stereocenters. The zero-order valence-electron chi connectivity index (χ0n) is 10.2. The molecular weight excluding hydrogens is 282 g/mol. The van der Waals surface area contributed by atoms with Gasteiger partial charge in [-0.15, -0.1) is 0 Å². The topological polar surface area (TPSA) is 86.9 Å². The summed E-state index contributed by atoms with van der Waals surface area (Å²) in [6.45, 7) is 3.49. The molecule has 0 aliphatic rings. The minimum atomic E-state index is -0.987. The van der Waals surface area contributed by atoms with Gasteiger partial charge in [0.15, 0.2) is 4.34 Å². The van der Waals surface area contributed by atoms with Gasteiger partial charge in [0, 0.05) is 5.69 Å². The lowest BCUT2D eigenvalue weighted by molar-refractivity contribution is 0.0701. The largest absolute Gasteiger partial charge is 0.477 e. The van der Waals surface area contributed by atoms with Crippen molar-refractivity contribution >= 4 is 29.1 Å². The summed E-state index contributed by atoms with van der Waals surface area (Å²) in [6, 6.07) is 5.52. The Morgan fingerprint density at radius 3 is 2.74 bits per heavy atom. The summed E-state index contributed by atoms with van der Waals surface area (Å²) in [5, 5.41) is 18.6. The van der Waals surface area contributed by atoms with E-state index in [1.165, 1.54) is 11.8 Å². The van der Waals surface area contributed by atoms with E-state index in [-0.39, 0.29) is 4.88 Å². The van der Waals surface area contributed by atoms with Crippen molar-refractivity contribution in [1.82, 2.24) is 9.97 Å². The zero-order valence-corrected chi connectivity index (χ0v) is 11.8. The van der Waals surface area contributed by atoms with Gasteiger partial charge in [0.2, 0.25) is 0 Å². The van der Waals surface area contributed by atoms with Gasteiger partial charge in [0.05, 0.1) is 11.3 Å².